The van der Waals surface area contributed by atoms with E-state index in [0.29, 0.717) is 0 Å². The number of hydrogen-bond donors (Lipinski definition) is 0. The second-order valence-electron chi connectivity index (χ2n) is 5.41. The van der Waals surface area contributed by atoms with E-state index in [9.17, 15) is 4.79 Å². The minimum atomic E-state index is -0.216. The van der Waals surface area contributed by atoms with Crippen molar-refractivity contribution in [1.29, 1.82) is 0 Å². The third kappa shape index (κ3) is 11.5. The predicted octanol–water partition coefficient (Wildman–Crippen LogP) is 4.35. The Labute approximate surface area is 106 Å². The van der Waals surface area contributed by atoms with Crippen molar-refractivity contribution in [3.63, 3.8) is 0 Å². The van der Waals surface area contributed by atoms with Gasteiger partial charge >= 0.3 is 5.97 Å². The first-order valence-electron chi connectivity index (χ1n) is 6.75. The molecule has 0 rings (SSSR count). The normalized spacial score (nSPS) is 15.2. The molecule has 1 unspecified atom stereocenters. The van der Waals surface area contributed by atoms with Crippen molar-refractivity contribution in [3.05, 3.63) is 12.2 Å². The fourth-order valence-corrected chi connectivity index (χ4v) is 1.80. The van der Waals surface area contributed by atoms with Gasteiger partial charge < -0.3 is 4.74 Å². The molecule has 0 spiro atoms. The van der Waals surface area contributed by atoms with Crippen LogP contribution in [0.15, 0.2) is 12.2 Å². The summed E-state index contributed by atoms with van der Waals surface area (Å²) in [5.41, 5.74) is 0. The van der Waals surface area contributed by atoms with Gasteiger partial charge in [-0.1, -0.05) is 46.1 Å². The summed E-state index contributed by atoms with van der Waals surface area (Å²) in [5, 5.41) is 0. The van der Waals surface area contributed by atoms with E-state index in [1.807, 2.05) is 13.0 Å². The van der Waals surface area contributed by atoms with Gasteiger partial charge in [0.25, 0.3) is 0 Å². The summed E-state index contributed by atoms with van der Waals surface area (Å²) in [6.45, 7) is 10.2. The fourth-order valence-electron chi connectivity index (χ4n) is 1.80. The number of allylic oxidation sites excluding steroid dienone is 1. The molecule has 0 saturated carbocycles. The van der Waals surface area contributed by atoms with E-state index in [-0.39, 0.29) is 12.1 Å². The Morgan fingerprint density at radius 3 is 2.35 bits per heavy atom. The van der Waals surface area contributed by atoms with Crippen LogP contribution in [0.4, 0.5) is 0 Å². The SMILES string of the molecule is CC(=O)OC(C)C=CC[C@H](C)CCCC(C)C. The van der Waals surface area contributed by atoms with E-state index in [2.05, 4.69) is 26.8 Å². The minimum absolute atomic E-state index is 0.102. The number of hydrogen-bond acceptors (Lipinski definition) is 2. The number of carbonyl (C=O) groups excluding carboxylic acids is 1. The quantitative estimate of drug-likeness (QED) is 0.466. The molecular formula is C15H28O2. The number of carbonyl (C=O) groups is 1. The molecule has 0 aliphatic rings. The van der Waals surface area contributed by atoms with Gasteiger partial charge in [0.15, 0.2) is 0 Å². The summed E-state index contributed by atoms with van der Waals surface area (Å²) in [5.74, 6) is 1.31. The fraction of sp³-hybridized carbons (Fsp3) is 0.800. The average Bonchev–Trinajstić information content (AvgIpc) is 2.15. The van der Waals surface area contributed by atoms with Crippen LogP contribution in [-0.2, 0) is 9.53 Å². The molecule has 0 N–H and O–H groups in total. The lowest BCUT2D eigenvalue weighted by Gasteiger charge is -2.10. The van der Waals surface area contributed by atoms with Crippen LogP contribution in [0, 0.1) is 11.8 Å². The van der Waals surface area contributed by atoms with E-state index in [0.717, 1.165) is 18.3 Å². The first-order valence-corrected chi connectivity index (χ1v) is 6.75. The standard InChI is InChI=1S/C15H28O2/c1-12(2)8-6-9-13(3)10-7-11-14(4)17-15(5)16/h7,11-14H,6,8-10H2,1-5H3/t13-,14?/m1/s1. The topological polar surface area (TPSA) is 26.3 Å². The molecular weight excluding hydrogens is 212 g/mol. The van der Waals surface area contributed by atoms with Crippen molar-refractivity contribution in [2.24, 2.45) is 11.8 Å². The third-order valence-electron chi connectivity index (χ3n) is 2.78. The molecule has 0 bridgehead atoms. The smallest absolute Gasteiger partial charge is 0.303 e. The largest absolute Gasteiger partial charge is 0.459 e. The average molecular weight is 240 g/mol. The number of esters is 1. The molecule has 0 amide bonds. The van der Waals surface area contributed by atoms with Crippen molar-refractivity contribution >= 4 is 5.97 Å². The van der Waals surface area contributed by atoms with E-state index in [1.54, 1.807) is 0 Å². The zero-order valence-corrected chi connectivity index (χ0v) is 12.0. The van der Waals surface area contributed by atoms with Gasteiger partial charge in [-0.05, 0) is 31.3 Å². The second-order valence-corrected chi connectivity index (χ2v) is 5.41. The molecule has 0 aliphatic carbocycles. The summed E-state index contributed by atoms with van der Waals surface area (Å²) in [4.78, 5) is 10.7. The molecule has 0 radical (unpaired) electrons. The maximum Gasteiger partial charge on any atom is 0.303 e. The Morgan fingerprint density at radius 1 is 1.18 bits per heavy atom. The predicted molar refractivity (Wildman–Crippen MR) is 72.8 cm³/mol. The van der Waals surface area contributed by atoms with Crippen molar-refractivity contribution in [2.45, 2.75) is 66.4 Å². The van der Waals surface area contributed by atoms with Gasteiger partial charge in [-0.15, -0.1) is 0 Å². The van der Waals surface area contributed by atoms with Gasteiger partial charge in [0.1, 0.15) is 6.10 Å². The van der Waals surface area contributed by atoms with Gasteiger partial charge in [0.05, 0.1) is 0 Å². The Hall–Kier alpha value is -0.790. The molecule has 0 aromatic carbocycles. The maximum atomic E-state index is 10.7. The van der Waals surface area contributed by atoms with Crippen molar-refractivity contribution < 1.29 is 9.53 Å². The van der Waals surface area contributed by atoms with Gasteiger partial charge in [-0.3, -0.25) is 4.79 Å². The highest BCUT2D eigenvalue weighted by atomic mass is 16.5. The Bertz CT molecular complexity index is 231. The summed E-state index contributed by atoms with van der Waals surface area (Å²) in [6, 6.07) is 0. The highest BCUT2D eigenvalue weighted by Gasteiger charge is 2.03. The first-order chi connectivity index (χ1) is 7.91. The lowest BCUT2D eigenvalue weighted by molar-refractivity contribution is -0.143. The molecule has 2 atom stereocenters. The van der Waals surface area contributed by atoms with Crippen molar-refractivity contribution in [1.82, 2.24) is 0 Å². The van der Waals surface area contributed by atoms with Crippen LogP contribution >= 0.6 is 0 Å². The highest BCUT2D eigenvalue weighted by Crippen LogP contribution is 2.15. The lowest BCUT2D eigenvalue weighted by atomic mass is 9.97. The van der Waals surface area contributed by atoms with E-state index < -0.39 is 0 Å². The molecule has 2 heteroatoms. The summed E-state index contributed by atoms with van der Waals surface area (Å²) >= 11 is 0. The Kier molecular flexibility index (Phi) is 8.83. The lowest BCUT2D eigenvalue weighted by Crippen LogP contribution is -2.08. The van der Waals surface area contributed by atoms with Crippen LogP contribution in [0.3, 0.4) is 0 Å². The summed E-state index contributed by atoms with van der Waals surface area (Å²) in [7, 11) is 0. The van der Waals surface area contributed by atoms with Crippen LogP contribution in [0.1, 0.15) is 60.3 Å². The monoisotopic (exact) mass is 240 g/mol. The number of rotatable bonds is 8. The highest BCUT2D eigenvalue weighted by molar-refractivity contribution is 5.66. The maximum absolute atomic E-state index is 10.7. The molecule has 2 nitrogen and oxygen atoms in total. The van der Waals surface area contributed by atoms with Crippen molar-refractivity contribution in [2.75, 3.05) is 0 Å². The summed E-state index contributed by atoms with van der Waals surface area (Å²) < 4.78 is 5.02. The van der Waals surface area contributed by atoms with Gasteiger partial charge in [0, 0.05) is 6.92 Å². The van der Waals surface area contributed by atoms with Gasteiger partial charge in [0.2, 0.25) is 0 Å². The van der Waals surface area contributed by atoms with E-state index >= 15 is 0 Å². The zero-order chi connectivity index (χ0) is 13.3. The molecule has 0 aromatic rings. The number of ether oxygens (including phenoxy) is 1. The van der Waals surface area contributed by atoms with Gasteiger partial charge in [-0.25, -0.2) is 0 Å². The molecule has 0 aliphatic heterocycles. The van der Waals surface area contributed by atoms with Crippen LogP contribution in [-0.4, -0.2) is 12.1 Å². The zero-order valence-electron chi connectivity index (χ0n) is 12.0. The molecule has 0 aromatic heterocycles. The van der Waals surface area contributed by atoms with Crippen LogP contribution < -0.4 is 0 Å². The van der Waals surface area contributed by atoms with E-state index in [4.69, 9.17) is 4.74 Å². The molecule has 0 fully saturated rings. The molecule has 0 saturated heterocycles. The minimum Gasteiger partial charge on any atom is -0.459 e. The Morgan fingerprint density at radius 2 is 1.82 bits per heavy atom. The van der Waals surface area contributed by atoms with Crippen LogP contribution in [0.2, 0.25) is 0 Å². The Balaban J connectivity index is 3.64. The summed E-state index contributed by atoms with van der Waals surface area (Å²) in [6.07, 6.45) is 8.99. The second kappa shape index (κ2) is 9.26. The van der Waals surface area contributed by atoms with Crippen LogP contribution in [0.25, 0.3) is 0 Å². The molecule has 17 heavy (non-hydrogen) atoms. The van der Waals surface area contributed by atoms with Crippen LogP contribution in [0.5, 0.6) is 0 Å². The van der Waals surface area contributed by atoms with Crippen molar-refractivity contribution in [3.8, 4) is 0 Å². The first kappa shape index (κ1) is 16.2. The molecule has 100 valence electrons. The molecule has 0 heterocycles. The third-order valence-corrected chi connectivity index (χ3v) is 2.78. The van der Waals surface area contributed by atoms with Gasteiger partial charge in [-0.2, -0.15) is 0 Å². The van der Waals surface area contributed by atoms with E-state index in [1.165, 1.54) is 26.2 Å².